The van der Waals surface area contributed by atoms with Crippen molar-refractivity contribution in [2.24, 2.45) is 0 Å². The largest absolute Gasteiger partial charge is 0.497 e. The highest BCUT2D eigenvalue weighted by molar-refractivity contribution is 7.18. The van der Waals surface area contributed by atoms with Crippen molar-refractivity contribution in [2.75, 3.05) is 25.6 Å². The summed E-state index contributed by atoms with van der Waals surface area (Å²) < 4.78 is 10.7. The highest BCUT2D eigenvalue weighted by Crippen LogP contribution is 2.24. The van der Waals surface area contributed by atoms with E-state index < -0.39 is 0 Å². The molecule has 0 bridgehead atoms. The first kappa shape index (κ1) is 15.2. The van der Waals surface area contributed by atoms with Crippen LogP contribution in [0.1, 0.15) is 0 Å². The molecule has 1 aromatic carbocycles. The lowest BCUT2D eigenvalue weighted by molar-refractivity contribution is 0.331. The zero-order chi connectivity index (χ0) is 15.9. The predicted molar refractivity (Wildman–Crippen MR) is 90.1 cm³/mol. The fourth-order valence-electron chi connectivity index (χ4n) is 1.89. The number of pyridine rings is 1. The average Bonchev–Trinajstić information content (AvgIpc) is 3.09. The summed E-state index contributed by atoms with van der Waals surface area (Å²) in [5, 5.41) is 13.0. The van der Waals surface area contributed by atoms with E-state index in [0.717, 1.165) is 27.3 Å². The Kier molecular flexibility index (Phi) is 5.00. The van der Waals surface area contributed by atoms with Gasteiger partial charge >= 0.3 is 0 Å². The Morgan fingerprint density at radius 3 is 2.61 bits per heavy atom. The molecule has 118 valence electrons. The van der Waals surface area contributed by atoms with Crippen molar-refractivity contribution in [3.63, 3.8) is 0 Å². The summed E-state index contributed by atoms with van der Waals surface area (Å²) in [6.07, 6.45) is 1.74. The maximum absolute atomic E-state index is 5.64. The van der Waals surface area contributed by atoms with Crippen molar-refractivity contribution in [1.82, 2.24) is 15.2 Å². The number of nitrogens with zero attached hydrogens (tertiary/aromatic N) is 3. The van der Waals surface area contributed by atoms with E-state index in [1.807, 2.05) is 42.5 Å². The smallest absolute Gasteiger partial charge is 0.206 e. The summed E-state index contributed by atoms with van der Waals surface area (Å²) >= 11 is 1.47. The molecule has 23 heavy (non-hydrogen) atoms. The van der Waals surface area contributed by atoms with Gasteiger partial charge in [0.2, 0.25) is 5.13 Å². The second-order valence-corrected chi connectivity index (χ2v) is 5.56. The molecular weight excluding hydrogens is 312 g/mol. The molecule has 0 fully saturated rings. The van der Waals surface area contributed by atoms with E-state index in [9.17, 15) is 0 Å². The number of ether oxygens (including phenoxy) is 2. The Balaban J connectivity index is 1.46. The molecule has 0 atom stereocenters. The topological polar surface area (TPSA) is 69.2 Å². The van der Waals surface area contributed by atoms with Crippen LogP contribution >= 0.6 is 11.3 Å². The van der Waals surface area contributed by atoms with Gasteiger partial charge < -0.3 is 14.8 Å². The van der Waals surface area contributed by atoms with E-state index in [4.69, 9.17) is 9.47 Å². The van der Waals surface area contributed by atoms with Gasteiger partial charge in [-0.3, -0.25) is 4.98 Å². The molecule has 6 nitrogen and oxygen atoms in total. The summed E-state index contributed by atoms with van der Waals surface area (Å²) in [4.78, 5) is 4.26. The van der Waals surface area contributed by atoms with Crippen LogP contribution in [-0.2, 0) is 0 Å². The highest BCUT2D eigenvalue weighted by Gasteiger charge is 2.06. The van der Waals surface area contributed by atoms with Crippen LogP contribution in [0.5, 0.6) is 11.5 Å². The van der Waals surface area contributed by atoms with Crippen LogP contribution < -0.4 is 14.8 Å². The monoisotopic (exact) mass is 328 g/mol. The molecule has 0 aliphatic heterocycles. The van der Waals surface area contributed by atoms with E-state index in [0.29, 0.717) is 13.2 Å². The van der Waals surface area contributed by atoms with E-state index >= 15 is 0 Å². The Bertz CT molecular complexity index is 731. The maximum Gasteiger partial charge on any atom is 0.206 e. The lowest BCUT2D eigenvalue weighted by Crippen LogP contribution is -2.11. The molecule has 0 radical (unpaired) electrons. The molecule has 0 unspecified atom stereocenters. The van der Waals surface area contributed by atoms with E-state index in [1.54, 1.807) is 13.3 Å². The van der Waals surface area contributed by atoms with Gasteiger partial charge in [-0.05, 0) is 36.4 Å². The van der Waals surface area contributed by atoms with Crippen LogP contribution in [0.4, 0.5) is 5.13 Å². The van der Waals surface area contributed by atoms with Gasteiger partial charge in [0.25, 0.3) is 0 Å². The number of hydrogen-bond donors (Lipinski definition) is 1. The minimum Gasteiger partial charge on any atom is -0.497 e. The summed E-state index contributed by atoms with van der Waals surface area (Å²) in [6.45, 7) is 1.17. The summed E-state index contributed by atoms with van der Waals surface area (Å²) in [7, 11) is 1.64. The third-order valence-corrected chi connectivity index (χ3v) is 3.92. The zero-order valence-electron chi connectivity index (χ0n) is 12.6. The number of methoxy groups -OCH3 is 1. The van der Waals surface area contributed by atoms with Gasteiger partial charge in [0.05, 0.1) is 13.7 Å². The van der Waals surface area contributed by atoms with Crippen molar-refractivity contribution < 1.29 is 9.47 Å². The normalized spacial score (nSPS) is 10.3. The second kappa shape index (κ2) is 7.55. The van der Waals surface area contributed by atoms with Crippen LogP contribution in [0.3, 0.4) is 0 Å². The summed E-state index contributed by atoms with van der Waals surface area (Å²) in [6, 6.07) is 13.2. The molecular formula is C16H16N4O2S. The summed E-state index contributed by atoms with van der Waals surface area (Å²) in [5.74, 6) is 1.62. The van der Waals surface area contributed by atoms with Crippen LogP contribution in [0.25, 0.3) is 10.7 Å². The first-order valence-electron chi connectivity index (χ1n) is 7.11. The molecule has 0 aliphatic carbocycles. The molecule has 0 amide bonds. The maximum atomic E-state index is 5.64. The number of benzene rings is 1. The lowest BCUT2D eigenvalue weighted by Gasteiger charge is -2.07. The van der Waals surface area contributed by atoms with Crippen molar-refractivity contribution >= 4 is 16.5 Å². The molecule has 0 spiro atoms. The number of rotatable bonds is 7. The van der Waals surface area contributed by atoms with E-state index in [1.165, 1.54) is 11.3 Å². The molecule has 0 saturated heterocycles. The number of hydrogen-bond acceptors (Lipinski definition) is 7. The van der Waals surface area contributed by atoms with Gasteiger partial charge in [0, 0.05) is 6.20 Å². The van der Waals surface area contributed by atoms with Crippen LogP contribution in [0.2, 0.25) is 0 Å². The van der Waals surface area contributed by atoms with E-state index in [2.05, 4.69) is 20.5 Å². The highest BCUT2D eigenvalue weighted by atomic mass is 32.1. The van der Waals surface area contributed by atoms with Crippen LogP contribution in [0, 0.1) is 0 Å². The molecule has 7 heteroatoms. The molecule has 2 aromatic heterocycles. The van der Waals surface area contributed by atoms with Gasteiger partial charge in [-0.15, -0.1) is 10.2 Å². The standard InChI is InChI=1S/C16H16N4O2S/c1-21-12-5-7-13(8-6-12)22-11-10-18-16-20-19-15(23-16)14-4-2-3-9-17-14/h2-9H,10-11H2,1H3,(H,18,20). The molecule has 0 saturated carbocycles. The first-order chi connectivity index (χ1) is 11.3. The molecule has 2 heterocycles. The van der Waals surface area contributed by atoms with Gasteiger partial charge in [-0.2, -0.15) is 0 Å². The SMILES string of the molecule is COc1ccc(OCCNc2nnc(-c3ccccn3)s2)cc1. The number of aromatic nitrogens is 3. The van der Waals surface area contributed by atoms with Crippen LogP contribution in [-0.4, -0.2) is 35.4 Å². The minimum absolute atomic E-state index is 0.533. The van der Waals surface area contributed by atoms with Gasteiger partial charge in [-0.25, -0.2) is 0 Å². The predicted octanol–water partition coefficient (Wildman–Crippen LogP) is 3.10. The lowest BCUT2D eigenvalue weighted by atomic mass is 10.3. The van der Waals surface area contributed by atoms with Gasteiger partial charge in [0.1, 0.15) is 23.8 Å². The Morgan fingerprint density at radius 1 is 1.04 bits per heavy atom. The second-order valence-electron chi connectivity index (χ2n) is 4.58. The molecule has 3 aromatic rings. The average molecular weight is 328 g/mol. The molecule has 1 N–H and O–H groups in total. The third kappa shape index (κ3) is 4.17. The van der Waals surface area contributed by atoms with Crippen molar-refractivity contribution in [2.45, 2.75) is 0 Å². The molecule has 0 aliphatic rings. The van der Waals surface area contributed by atoms with Gasteiger partial charge in [-0.1, -0.05) is 17.4 Å². The minimum atomic E-state index is 0.533. The number of nitrogens with one attached hydrogen (secondary N) is 1. The first-order valence-corrected chi connectivity index (χ1v) is 7.92. The van der Waals surface area contributed by atoms with Crippen molar-refractivity contribution in [3.8, 4) is 22.2 Å². The van der Waals surface area contributed by atoms with Gasteiger partial charge in [0.15, 0.2) is 5.01 Å². The quantitative estimate of drug-likeness (QED) is 0.672. The van der Waals surface area contributed by atoms with E-state index in [-0.39, 0.29) is 0 Å². The molecule has 3 rings (SSSR count). The van der Waals surface area contributed by atoms with Crippen molar-refractivity contribution in [3.05, 3.63) is 48.7 Å². The zero-order valence-corrected chi connectivity index (χ0v) is 13.4. The Morgan fingerprint density at radius 2 is 1.87 bits per heavy atom. The Hall–Kier alpha value is -2.67. The number of anilines is 1. The fourth-order valence-corrected chi connectivity index (χ4v) is 2.63. The third-order valence-electron chi connectivity index (χ3n) is 3.02. The Labute approximate surface area is 138 Å². The summed E-state index contributed by atoms with van der Waals surface area (Å²) in [5.41, 5.74) is 0.826. The van der Waals surface area contributed by atoms with Crippen LogP contribution in [0.15, 0.2) is 48.7 Å². The fraction of sp³-hybridized carbons (Fsp3) is 0.188. The van der Waals surface area contributed by atoms with Crippen molar-refractivity contribution in [1.29, 1.82) is 0 Å².